The van der Waals surface area contributed by atoms with Crippen molar-refractivity contribution in [3.8, 4) is 0 Å². The molecule has 3 nitrogen and oxygen atoms in total. The Morgan fingerprint density at radius 1 is 1.43 bits per heavy atom. The van der Waals surface area contributed by atoms with Crippen LogP contribution in [0.3, 0.4) is 0 Å². The van der Waals surface area contributed by atoms with E-state index in [-0.39, 0.29) is 17.1 Å². The normalized spacial score (nSPS) is 24.8. The number of carboxylic acid groups (broad SMARTS) is 1. The summed E-state index contributed by atoms with van der Waals surface area (Å²) in [6.07, 6.45) is 3.41. The Hall–Kier alpha value is -1.42. The second-order valence-corrected chi connectivity index (χ2v) is 6.97. The molecule has 116 valence electrons. The second kappa shape index (κ2) is 6.14. The third kappa shape index (κ3) is 4.27. The van der Waals surface area contributed by atoms with Gasteiger partial charge in [0.2, 0.25) is 0 Å². The molecular weight excluding hydrogens is 271 g/mol. The Morgan fingerprint density at radius 3 is 2.76 bits per heavy atom. The summed E-state index contributed by atoms with van der Waals surface area (Å²) in [6, 6.07) is 4.13. The van der Waals surface area contributed by atoms with E-state index in [1.54, 1.807) is 6.07 Å². The van der Waals surface area contributed by atoms with Crippen LogP contribution >= 0.6 is 0 Å². The zero-order valence-electron chi connectivity index (χ0n) is 12.9. The number of ether oxygens (including phenoxy) is 1. The largest absolute Gasteiger partial charge is 0.478 e. The molecule has 0 amide bonds. The summed E-state index contributed by atoms with van der Waals surface area (Å²) in [5, 5.41) is 8.93. The van der Waals surface area contributed by atoms with E-state index in [9.17, 15) is 9.18 Å². The van der Waals surface area contributed by atoms with E-state index in [0.717, 1.165) is 12.8 Å². The molecule has 2 unspecified atom stereocenters. The monoisotopic (exact) mass is 294 g/mol. The van der Waals surface area contributed by atoms with Crippen molar-refractivity contribution in [1.29, 1.82) is 0 Å². The fourth-order valence-corrected chi connectivity index (χ4v) is 3.43. The van der Waals surface area contributed by atoms with E-state index in [1.807, 2.05) is 0 Å². The molecule has 0 aliphatic heterocycles. The quantitative estimate of drug-likeness (QED) is 0.902. The average molecular weight is 294 g/mol. The molecule has 1 aromatic rings. The number of carboxylic acids is 1. The summed E-state index contributed by atoms with van der Waals surface area (Å²) in [5.41, 5.74) is 0.676. The molecule has 0 spiro atoms. The van der Waals surface area contributed by atoms with Crippen molar-refractivity contribution >= 4 is 5.97 Å². The molecule has 2 rings (SSSR count). The molecular formula is C17H23FO3. The second-order valence-electron chi connectivity index (χ2n) is 6.97. The number of hydrogen-bond donors (Lipinski definition) is 1. The van der Waals surface area contributed by atoms with Crippen LogP contribution in [0.25, 0.3) is 0 Å². The van der Waals surface area contributed by atoms with Gasteiger partial charge in [-0.3, -0.25) is 0 Å². The van der Waals surface area contributed by atoms with E-state index in [1.165, 1.54) is 18.6 Å². The van der Waals surface area contributed by atoms with Crippen LogP contribution in [0.5, 0.6) is 0 Å². The number of carbonyl (C=O) groups is 1. The van der Waals surface area contributed by atoms with Crippen LogP contribution in [0.1, 0.15) is 56.0 Å². The molecule has 1 aromatic carbocycles. The number of hydrogen-bond acceptors (Lipinski definition) is 2. The number of benzene rings is 1. The molecule has 2 atom stereocenters. The molecule has 1 N–H and O–H groups in total. The minimum Gasteiger partial charge on any atom is -0.478 e. The zero-order chi connectivity index (χ0) is 15.6. The number of rotatable bonds is 4. The van der Waals surface area contributed by atoms with E-state index >= 15 is 0 Å². The predicted molar refractivity (Wildman–Crippen MR) is 78.7 cm³/mol. The van der Waals surface area contributed by atoms with Crippen molar-refractivity contribution in [2.45, 2.75) is 52.7 Å². The highest BCUT2D eigenvalue weighted by atomic mass is 19.1. The smallest absolute Gasteiger partial charge is 0.338 e. The fourth-order valence-electron chi connectivity index (χ4n) is 3.43. The standard InChI is InChI=1S/C17H23FO3/c1-11-6-13(9-17(2,3)8-11)21-10-12-4-5-15(18)14(7-12)16(19)20/h4-5,7,11,13H,6,8-10H2,1-3H3,(H,19,20). The lowest BCUT2D eigenvalue weighted by atomic mass is 9.71. The van der Waals surface area contributed by atoms with Crippen molar-refractivity contribution in [3.63, 3.8) is 0 Å². The molecule has 0 radical (unpaired) electrons. The summed E-state index contributed by atoms with van der Waals surface area (Å²) < 4.78 is 19.3. The van der Waals surface area contributed by atoms with Crippen molar-refractivity contribution in [1.82, 2.24) is 0 Å². The first-order valence-corrected chi connectivity index (χ1v) is 7.40. The van der Waals surface area contributed by atoms with Gasteiger partial charge in [0.25, 0.3) is 0 Å². The first-order chi connectivity index (χ1) is 9.77. The molecule has 0 bridgehead atoms. The highest BCUT2D eigenvalue weighted by molar-refractivity contribution is 5.88. The number of aromatic carboxylic acids is 1. The summed E-state index contributed by atoms with van der Waals surface area (Å²) in [6.45, 7) is 7.06. The Morgan fingerprint density at radius 2 is 2.14 bits per heavy atom. The fraction of sp³-hybridized carbons (Fsp3) is 0.588. The van der Waals surface area contributed by atoms with Crippen LogP contribution in [0.2, 0.25) is 0 Å². The zero-order valence-corrected chi connectivity index (χ0v) is 12.9. The van der Waals surface area contributed by atoms with Crippen LogP contribution in [0.15, 0.2) is 18.2 Å². The van der Waals surface area contributed by atoms with Crippen molar-refractivity contribution in [2.75, 3.05) is 0 Å². The SMILES string of the molecule is CC1CC(OCc2ccc(F)c(C(=O)O)c2)CC(C)(C)C1. The van der Waals surface area contributed by atoms with Crippen molar-refractivity contribution in [2.24, 2.45) is 11.3 Å². The molecule has 1 aliphatic rings. The van der Waals surface area contributed by atoms with Gasteiger partial charge in [-0.25, -0.2) is 9.18 Å². The van der Waals surface area contributed by atoms with Crippen LogP contribution in [0.4, 0.5) is 4.39 Å². The topological polar surface area (TPSA) is 46.5 Å². The lowest BCUT2D eigenvalue weighted by molar-refractivity contribution is -0.0316. The van der Waals surface area contributed by atoms with Crippen LogP contribution < -0.4 is 0 Å². The van der Waals surface area contributed by atoms with Gasteiger partial charge >= 0.3 is 5.97 Å². The first kappa shape index (κ1) is 16.0. The minimum absolute atomic E-state index is 0.182. The Balaban J connectivity index is 2.00. The van der Waals surface area contributed by atoms with Gasteiger partial charge in [0.1, 0.15) is 5.82 Å². The first-order valence-electron chi connectivity index (χ1n) is 7.40. The third-order valence-corrected chi connectivity index (χ3v) is 4.09. The van der Waals surface area contributed by atoms with Crippen molar-refractivity contribution < 1.29 is 19.0 Å². The molecule has 0 saturated heterocycles. The molecule has 1 aliphatic carbocycles. The molecule has 0 heterocycles. The molecule has 0 aromatic heterocycles. The Labute approximate surface area is 125 Å². The van der Waals surface area contributed by atoms with Gasteiger partial charge in [-0.15, -0.1) is 0 Å². The van der Waals surface area contributed by atoms with Gasteiger partial charge in [0.15, 0.2) is 0 Å². The maximum atomic E-state index is 13.3. The van der Waals surface area contributed by atoms with Gasteiger partial charge in [-0.05, 0) is 48.3 Å². The van der Waals surface area contributed by atoms with Crippen LogP contribution in [-0.2, 0) is 11.3 Å². The van der Waals surface area contributed by atoms with E-state index in [2.05, 4.69) is 20.8 Å². The van der Waals surface area contributed by atoms with Gasteiger partial charge in [-0.1, -0.05) is 26.8 Å². The molecule has 1 saturated carbocycles. The molecule has 1 fully saturated rings. The van der Waals surface area contributed by atoms with Gasteiger partial charge < -0.3 is 9.84 Å². The lowest BCUT2D eigenvalue weighted by Gasteiger charge is -2.38. The highest BCUT2D eigenvalue weighted by Gasteiger charge is 2.32. The van der Waals surface area contributed by atoms with E-state index in [4.69, 9.17) is 9.84 Å². The van der Waals surface area contributed by atoms with E-state index in [0.29, 0.717) is 18.1 Å². The van der Waals surface area contributed by atoms with Crippen molar-refractivity contribution in [3.05, 3.63) is 35.1 Å². The number of halogens is 1. The average Bonchev–Trinajstić information content (AvgIpc) is 2.35. The summed E-state index contributed by atoms with van der Waals surface area (Å²) in [4.78, 5) is 10.9. The van der Waals surface area contributed by atoms with Gasteiger partial charge in [0, 0.05) is 0 Å². The van der Waals surface area contributed by atoms with Crippen LogP contribution in [0, 0.1) is 17.2 Å². The maximum Gasteiger partial charge on any atom is 0.338 e. The highest BCUT2D eigenvalue weighted by Crippen LogP contribution is 2.39. The molecule has 4 heteroatoms. The Kier molecular flexibility index (Phi) is 4.67. The summed E-state index contributed by atoms with van der Waals surface area (Å²) >= 11 is 0. The van der Waals surface area contributed by atoms with Gasteiger partial charge in [-0.2, -0.15) is 0 Å². The molecule has 21 heavy (non-hydrogen) atoms. The predicted octanol–water partition coefficient (Wildman–Crippen LogP) is 4.26. The maximum absolute atomic E-state index is 13.3. The Bertz CT molecular complexity index is 525. The third-order valence-electron chi connectivity index (χ3n) is 4.09. The lowest BCUT2D eigenvalue weighted by Crippen LogP contribution is -2.32. The van der Waals surface area contributed by atoms with E-state index < -0.39 is 11.8 Å². The summed E-state index contributed by atoms with van der Waals surface area (Å²) in [7, 11) is 0. The van der Waals surface area contributed by atoms with Crippen LogP contribution in [-0.4, -0.2) is 17.2 Å². The van der Waals surface area contributed by atoms with Gasteiger partial charge in [0.05, 0.1) is 18.3 Å². The minimum atomic E-state index is -1.25. The summed E-state index contributed by atoms with van der Waals surface area (Å²) in [5.74, 6) is -1.33.